The Balaban J connectivity index is 2.41. The maximum absolute atomic E-state index is 5.46. The van der Waals surface area contributed by atoms with E-state index in [1.165, 1.54) is 0 Å². The molecule has 0 saturated carbocycles. The van der Waals surface area contributed by atoms with E-state index in [4.69, 9.17) is 4.74 Å². The van der Waals surface area contributed by atoms with Crippen molar-refractivity contribution in [1.82, 2.24) is 10.2 Å². The van der Waals surface area contributed by atoms with Gasteiger partial charge in [-0.3, -0.25) is 5.10 Å². The second-order valence-electron chi connectivity index (χ2n) is 4.02. The minimum atomic E-state index is 0.769. The highest BCUT2D eigenvalue weighted by molar-refractivity contribution is 5.50. The Morgan fingerprint density at radius 2 is 2.29 bits per heavy atom. The zero-order valence-electron chi connectivity index (χ0n) is 10.3. The van der Waals surface area contributed by atoms with Crippen molar-refractivity contribution in [1.29, 1.82) is 0 Å². The minimum Gasteiger partial charge on any atom is -0.380 e. The molecule has 0 aromatic carbocycles. The van der Waals surface area contributed by atoms with Gasteiger partial charge in [0.1, 0.15) is 0 Å². The third-order valence-electron chi connectivity index (χ3n) is 2.91. The maximum Gasteiger partial charge on any atom is 0.158 e. The van der Waals surface area contributed by atoms with E-state index in [0.29, 0.717) is 0 Å². The molecule has 1 aromatic heterocycles. The van der Waals surface area contributed by atoms with Crippen molar-refractivity contribution < 1.29 is 4.74 Å². The Bertz CT molecular complexity index is 481. The molecular formula is C13H19N3O. The molecule has 92 valence electrons. The van der Waals surface area contributed by atoms with Crippen LogP contribution in [-0.4, -0.2) is 36.5 Å². The van der Waals surface area contributed by atoms with Crippen molar-refractivity contribution in [2.75, 3.05) is 31.2 Å². The van der Waals surface area contributed by atoms with Crippen LogP contribution >= 0.6 is 0 Å². The molecule has 2 rings (SSSR count). The summed E-state index contributed by atoms with van der Waals surface area (Å²) < 4.78 is 5.46. The molecule has 2 heterocycles. The molecule has 0 spiro atoms. The third-order valence-corrected chi connectivity index (χ3v) is 2.91. The second-order valence-corrected chi connectivity index (χ2v) is 4.02. The standard InChI is InChI=1S/C13H19N3O/c1-3-6-11-12(4-2)14-15-13(11)16-7-5-9-17-10-8-16/h3-4,6,14H,1,5,7-10H2,2H3/b11-6+,12-4+. The molecule has 4 nitrogen and oxygen atoms in total. The fraction of sp³-hybridized carbons (Fsp3) is 0.462. The van der Waals surface area contributed by atoms with Crippen molar-refractivity contribution in [2.24, 2.45) is 0 Å². The summed E-state index contributed by atoms with van der Waals surface area (Å²) in [5.74, 6) is 1.00. The van der Waals surface area contributed by atoms with E-state index in [1.54, 1.807) is 6.08 Å². The van der Waals surface area contributed by atoms with Crippen molar-refractivity contribution in [3.05, 3.63) is 23.2 Å². The first kappa shape index (κ1) is 11.9. The van der Waals surface area contributed by atoms with Crippen molar-refractivity contribution in [3.63, 3.8) is 0 Å². The zero-order chi connectivity index (χ0) is 12.1. The van der Waals surface area contributed by atoms with Gasteiger partial charge in [0.2, 0.25) is 0 Å². The Hall–Kier alpha value is -1.55. The first-order valence-electron chi connectivity index (χ1n) is 6.03. The molecule has 4 heteroatoms. The maximum atomic E-state index is 5.46. The van der Waals surface area contributed by atoms with Gasteiger partial charge in [0.15, 0.2) is 5.82 Å². The van der Waals surface area contributed by atoms with Crippen LogP contribution in [0.1, 0.15) is 13.3 Å². The largest absolute Gasteiger partial charge is 0.380 e. The summed E-state index contributed by atoms with van der Waals surface area (Å²) in [6.45, 7) is 9.26. The molecule has 1 aromatic rings. The molecule has 0 atom stereocenters. The van der Waals surface area contributed by atoms with Crippen LogP contribution in [0.4, 0.5) is 5.82 Å². The van der Waals surface area contributed by atoms with Gasteiger partial charge in [-0.1, -0.05) is 18.7 Å². The molecule has 0 amide bonds. The smallest absolute Gasteiger partial charge is 0.158 e. The highest BCUT2D eigenvalue weighted by Gasteiger charge is 2.13. The zero-order valence-corrected chi connectivity index (χ0v) is 10.3. The number of H-pyrrole nitrogens is 1. The van der Waals surface area contributed by atoms with Crippen molar-refractivity contribution in [3.8, 4) is 0 Å². The number of nitrogens with one attached hydrogen (secondary N) is 1. The van der Waals surface area contributed by atoms with Gasteiger partial charge < -0.3 is 9.64 Å². The molecule has 1 fully saturated rings. The van der Waals surface area contributed by atoms with Gasteiger partial charge in [0.05, 0.1) is 12.0 Å². The van der Waals surface area contributed by atoms with E-state index >= 15 is 0 Å². The predicted octanol–water partition coefficient (Wildman–Crippen LogP) is 0.403. The molecule has 0 bridgehead atoms. The van der Waals surface area contributed by atoms with Crippen molar-refractivity contribution in [2.45, 2.75) is 13.3 Å². The topological polar surface area (TPSA) is 41.1 Å². The van der Waals surface area contributed by atoms with Crippen LogP contribution in [0.15, 0.2) is 12.7 Å². The van der Waals surface area contributed by atoms with Crippen LogP contribution in [0, 0.1) is 0 Å². The number of aromatic amines is 1. The summed E-state index contributed by atoms with van der Waals surface area (Å²) >= 11 is 0. The lowest BCUT2D eigenvalue weighted by Crippen LogP contribution is -2.33. The number of rotatable bonds is 2. The van der Waals surface area contributed by atoms with E-state index < -0.39 is 0 Å². The lowest BCUT2D eigenvalue weighted by Gasteiger charge is -2.18. The van der Waals surface area contributed by atoms with Crippen LogP contribution in [-0.2, 0) is 4.74 Å². The molecular weight excluding hydrogens is 214 g/mol. The summed E-state index contributed by atoms with van der Waals surface area (Å²) in [5, 5.41) is 9.63. The number of hydrogen-bond donors (Lipinski definition) is 1. The number of allylic oxidation sites excluding steroid dienone is 1. The monoisotopic (exact) mass is 233 g/mol. The lowest BCUT2D eigenvalue weighted by atomic mass is 10.3. The fourth-order valence-electron chi connectivity index (χ4n) is 2.06. The van der Waals surface area contributed by atoms with Crippen LogP contribution in [0.3, 0.4) is 0 Å². The van der Waals surface area contributed by atoms with Gasteiger partial charge in [-0.25, -0.2) is 0 Å². The summed E-state index contributed by atoms with van der Waals surface area (Å²) in [7, 11) is 0. The Kier molecular flexibility index (Phi) is 3.98. The summed E-state index contributed by atoms with van der Waals surface area (Å²) in [6.07, 6.45) is 6.88. The summed E-state index contributed by atoms with van der Waals surface area (Å²) in [5.41, 5.74) is 0. The minimum absolute atomic E-state index is 0.769. The Morgan fingerprint density at radius 3 is 3.06 bits per heavy atom. The van der Waals surface area contributed by atoms with Gasteiger partial charge in [-0.2, -0.15) is 5.10 Å². The van der Waals surface area contributed by atoms with Gasteiger partial charge in [-0.15, -0.1) is 0 Å². The fourth-order valence-corrected chi connectivity index (χ4v) is 2.06. The van der Waals surface area contributed by atoms with E-state index in [2.05, 4.69) is 21.7 Å². The lowest BCUT2D eigenvalue weighted by molar-refractivity contribution is 0.152. The van der Waals surface area contributed by atoms with Gasteiger partial charge in [0, 0.05) is 24.9 Å². The molecule has 0 unspecified atom stereocenters. The first-order chi connectivity index (χ1) is 8.36. The third kappa shape index (κ3) is 2.58. The first-order valence-corrected chi connectivity index (χ1v) is 6.03. The second kappa shape index (κ2) is 5.68. The van der Waals surface area contributed by atoms with Gasteiger partial charge >= 0.3 is 0 Å². The van der Waals surface area contributed by atoms with Crippen LogP contribution in [0.2, 0.25) is 0 Å². The van der Waals surface area contributed by atoms with Crippen molar-refractivity contribution >= 4 is 18.0 Å². The van der Waals surface area contributed by atoms with Gasteiger partial charge in [0.25, 0.3) is 0 Å². The van der Waals surface area contributed by atoms with Crippen LogP contribution < -0.4 is 15.5 Å². The van der Waals surface area contributed by atoms with E-state index in [1.807, 2.05) is 19.1 Å². The molecule has 1 aliphatic heterocycles. The molecule has 1 N–H and O–H groups in total. The number of nitrogens with zero attached hydrogens (tertiary/aromatic N) is 2. The molecule has 0 aliphatic carbocycles. The predicted molar refractivity (Wildman–Crippen MR) is 70.3 cm³/mol. The molecule has 1 aliphatic rings. The van der Waals surface area contributed by atoms with Gasteiger partial charge in [-0.05, 0) is 19.4 Å². The molecule has 0 radical (unpaired) electrons. The normalized spacial score (nSPS) is 19.5. The van der Waals surface area contributed by atoms with Crippen LogP contribution in [0.5, 0.6) is 0 Å². The SMILES string of the molecule is C=C/C=c1/c(N2CCCOCC2)n[nH]/c1=C/C. The van der Waals surface area contributed by atoms with E-state index in [0.717, 1.165) is 49.1 Å². The van der Waals surface area contributed by atoms with Crippen LogP contribution in [0.25, 0.3) is 12.2 Å². The van der Waals surface area contributed by atoms with E-state index in [-0.39, 0.29) is 0 Å². The summed E-state index contributed by atoms with van der Waals surface area (Å²) in [6, 6.07) is 0. The summed E-state index contributed by atoms with van der Waals surface area (Å²) in [4.78, 5) is 2.27. The quantitative estimate of drug-likeness (QED) is 0.804. The number of ether oxygens (including phenoxy) is 1. The Labute approximate surface area is 101 Å². The average molecular weight is 233 g/mol. The molecule has 1 saturated heterocycles. The number of aromatic nitrogens is 2. The number of hydrogen-bond acceptors (Lipinski definition) is 3. The highest BCUT2D eigenvalue weighted by Crippen LogP contribution is 2.06. The number of anilines is 1. The Morgan fingerprint density at radius 1 is 1.41 bits per heavy atom. The van der Waals surface area contributed by atoms with E-state index in [9.17, 15) is 0 Å². The molecule has 17 heavy (non-hydrogen) atoms. The highest BCUT2D eigenvalue weighted by atomic mass is 16.5. The average Bonchev–Trinajstić information content (AvgIpc) is 2.58.